The first-order valence-corrected chi connectivity index (χ1v) is 11.0. The second kappa shape index (κ2) is 11.2. The van der Waals surface area contributed by atoms with Crippen LogP contribution >= 0.6 is 0 Å². The van der Waals surface area contributed by atoms with Gasteiger partial charge >= 0.3 is 5.97 Å². The Morgan fingerprint density at radius 1 is 1.16 bits per heavy atom. The number of unbranched alkanes of at least 4 members (excludes halogenated alkanes) is 1. The highest BCUT2D eigenvalue weighted by Crippen LogP contribution is 2.43. The van der Waals surface area contributed by atoms with E-state index in [9.17, 15) is 25.2 Å². The molecule has 0 aliphatic carbocycles. The predicted octanol–water partition coefficient (Wildman–Crippen LogP) is -0.600. The van der Waals surface area contributed by atoms with Crippen LogP contribution in [0.2, 0.25) is 0 Å². The zero-order valence-corrected chi connectivity index (χ0v) is 18.5. The molecule has 2 saturated heterocycles. The van der Waals surface area contributed by atoms with Crippen LogP contribution in [0.25, 0.3) is 0 Å². The van der Waals surface area contributed by atoms with E-state index in [1.807, 2.05) is 0 Å². The van der Waals surface area contributed by atoms with E-state index in [1.54, 1.807) is 6.92 Å². The lowest BCUT2D eigenvalue weighted by Gasteiger charge is -2.47. The van der Waals surface area contributed by atoms with Crippen molar-refractivity contribution in [2.45, 2.75) is 82.5 Å². The fourth-order valence-corrected chi connectivity index (χ4v) is 4.36. The fraction of sp³-hybridized carbons (Fsp3) is 0.857. The summed E-state index contributed by atoms with van der Waals surface area (Å²) in [5, 5.41) is 39.7. The van der Waals surface area contributed by atoms with Crippen LogP contribution in [0.1, 0.15) is 33.1 Å². The van der Waals surface area contributed by atoms with Gasteiger partial charge in [-0.25, -0.2) is 4.79 Å². The summed E-state index contributed by atoms with van der Waals surface area (Å²) in [7, 11) is 1.28. The number of aliphatic hydroxyl groups is 4. The van der Waals surface area contributed by atoms with Gasteiger partial charge in [-0.05, 0) is 13.3 Å². The van der Waals surface area contributed by atoms with Crippen molar-refractivity contribution in [1.82, 2.24) is 0 Å². The molecular weight excluding hydrogens is 428 g/mol. The molecule has 11 heteroatoms. The van der Waals surface area contributed by atoms with Gasteiger partial charge in [-0.3, -0.25) is 0 Å². The van der Waals surface area contributed by atoms with Gasteiger partial charge in [-0.2, -0.15) is 0 Å². The summed E-state index contributed by atoms with van der Waals surface area (Å²) < 4.78 is 33.7. The van der Waals surface area contributed by atoms with Gasteiger partial charge in [0, 0.05) is 18.9 Å². The third-order valence-corrected chi connectivity index (χ3v) is 6.20. The SMILES string of the molecule is CCCCOC1C[C@@H]2C(C(=O)OC)=CO[C@@H](O[C@@H]3O[C@H](CO)[C@@H](O)[C@H](O)[C@H]3O)[C@@H]2[C@H](C)O1. The molecule has 0 spiro atoms. The van der Waals surface area contributed by atoms with E-state index in [1.165, 1.54) is 13.4 Å². The zero-order valence-electron chi connectivity index (χ0n) is 18.5. The van der Waals surface area contributed by atoms with Crippen LogP contribution in [0, 0.1) is 11.8 Å². The highest BCUT2D eigenvalue weighted by Gasteiger charge is 2.51. The fourth-order valence-electron chi connectivity index (χ4n) is 4.36. The Bertz CT molecular complexity index is 654. The van der Waals surface area contributed by atoms with Gasteiger partial charge in [0.15, 0.2) is 12.6 Å². The molecule has 11 nitrogen and oxygen atoms in total. The van der Waals surface area contributed by atoms with Crippen LogP contribution in [-0.2, 0) is 33.2 Å². The molecule has 0 radical (unpaired) electrons. The molecular formula is C21H34O11. The van der Waals surface area contributed by atoms with E-state index < -0.39 is 67.9 Å². The number of rotatable bonds is 8. The number of carbonyl (C=O) groups excluding carboxylic acids is 1. The smallest absolute Gasteiger partial charge is 0.337 e. The predicted molar refractivity (Wildman–Crippen MR) is 107 cm³/mol. The Labute approximate surface area is 186 Å². The minimum absolute atomic E-state index is 0.324. The number of esters is 1. The van der Waals surface area contributed by atoms with Gasteiger partial charge in [-0.15, -0.1) is 0 Å². The zero-order chi connectivity index (χ0) is 23.4. The van der Waals surface area contributed by atoms with E-state index in [4.69, 9.17) is 28.4 Å². The van der Waals surface area contributed by atoms with E-state index in [2.05, 4.69) is 6.92 Å². The van der Waals surface area contributed by atoms with Crippen molar-refractivity contribution in [2.24, 2.45) is 11.8 Å². The highest BCUT2D eigenvalue weighted by atomic mass is 16.8. The van der Waals surface area contributed by atoms with Gasteiger partial charge in [0.1, 0.15) is 24.4 Å². The highest BCUT2D eigenvalue weighted by molar-refractivity contribution is 5.88. The van der Waals surface area contributed by atoms with Crippen LogP contribution in [0.3, 0.4) is 0 Å². The van der Waals surface area contributed by atoms with Gasteiger partial charge < -0.3 is 48.8 Å². The molecule has 1 unspecified atom stereocenters. The number of hydrogen-bond donors (Lipinski definition) is 4. The molecule has 0 aromatic carbocycles. The average molecular weight is 462 g/mol. The van der Waals surface area contributed by atoms with Gasteiger partial charge in [0.2, 0.25) is 6.29 Å². The first-order chi connectivity index (χ1) is 15.3. The van der Waals surface area contributed by atoms with Crippen molar-refractivity contribution in [1.29, 1.82) is 0 Å². The second-order valence-electron chi connectivity index (χ2n) is 8.32. The number of hydrogen-bond acceptors (Lipinski definition) is 11. The van der Waals surface area contributed by atoms with Crippen LogP contribution in [0.5, 0.6) is 0 Å². The lowest BCUT2D eigenvalue weighted by atomic mass is 9.77. The molecule has 3 aliphatic heterocycles. The van der Waals surface area contributed by atoms with Crippen molar-refractivity contribution in [3.8, 4) is 0 Å². The van der Waals surface area contributed by atoms with Crippen molar-refractivity contribution >= 4 is 5.97 Å². The number of fused-ring (bicyclic) bond motifs is 1. The molecule has 3 aliphatic rings. The molecule has 0 aromatic heterocycles. The number of methoxy groups -OCH3 is 1. The number of ether oxygens (including phenoxy) is 6. The summed E-state index contributed by atoms with van der Waals surface area (Å²) in [4.78, 5) is 12.4. The Morgan fingerprint density at radius 3 is 2.56 bits per heavy atom. The van der Waals surface area contributed by atoms with Crippen LogP contribution < -0.4 is 0 Å². The standard InChI is InChI=1S/C21H34O11/c1-4-5-6-28-14-7-11-12(19(26)27-3)9-29-20(15(11)10(2)30-14)32-21-18(25)17(24)16(23)13(8-22)31-21/h9-11,13-18,20-25H,4-8H2,1-3H3/t10-,11+,13+,14?,15+,16+,17-,18+,20-,21-/m0/s1. The molecule has 3 rings (SSSR count). The topological polar surface area (TPSA) is 153 Å². The van der Waals surface area contributed by atoms with Gasteiger partial charge in [0.05, 0.1) is 37.6 Å². The largest absolute Gasteiger partial charge is 0.471 e. The quantitative estimate of drug-likeness (QED) is 0.270. The Kier molecular flexibility index (Phi) is 8.87. The van der Waals surface area contributed by atoms with Crippen molar-refractivity contribution < 1.29 is 53.6 Å². The van der Waals surface area contributed by atoms with Crippen LogP contribution in [0.15, 0.2) is 11.8 Å². The lowest BCUT2D eigenvalue weighted by Crippen LogP contribution is -2.61. The van der Waals surface area contributed by atoms with E-state index in [0.717, 1.165) is 12.8 Å². The monoisotopic (exact) mass is 462 g/mol. The maximum atomic E-state index is 12.4. The first-order valence-electron chi connectivity index (χ1n) is 11.0. The van der Waals surface area contributed by atoms with Gasteiger partial charge in [0.25, 0.3) is 0 Å². The van der Waals surface area contributed by atoms with Gasteiger partial charge in [-0.1, -0.05) is 13.3 Å². The number of aliphatic hydroxyl groups excluding tert-OH is 4. The van der Waals surface area contributed by atoms with Crippen molar-refractivity contribution in [2.75, 3.05) is 20.3 Å². The average Bonchev–Trinajstić information content (AvgIpc) is 2.79. The maximum Gasteiger partial charge on any atom is 0.337 e. The summed E-state index contributed by atoms with van der Waals surface area (Å²) in [5.74, 6) is -1.39. The van der Waals surface area contributed by atoms with Crippen LogP contribution in [-0.4, -0.2) is 96.1 Å². The molecule has 3 heterocycles. The maximum absolute atomic E-state index is 12.4. The number of carbonyl (C=O) groups is 1. The molecule has 0 amide bonds. The molecule has 0 bridgehead atoms. The minimum atomic E-state index is -1.58. The van der Waals surface area contributed by atoms with Crippen molar-refractivity contribution in [3.05, 3.63) is 11.8 Å². The summed E-state index contributed by atoms with van der Waals surface area (Å²) in [5.41, 5.74) is 0.324. The second-order valence-corrected chi connectivity index (χ2v) is 8.32. The normalized spacial score (nSPS) is 41.9. The van der Waals surface area contributed by atoms with Crippen LogP contribution in [0.4, 0.5) is 0 Å². The first kappa shape index (κ1) is 25.3. The molecule has 4 N–H and O–H groups in total. The molecule has 184 valence electrons. The third-order valence-electron chi connectivity index (χ3n) is 6.20. The third kappa shape index (κ3) is 5.26. The molecule has 2 fully saturated rings. The lowest BCUT2D eigenvalue weighted by molar-refractivity contribution is -0.353. The molecule has 0 aromatic rings. The molecule has 0 saturated carbocycles. The van der Waals surface area contributed by atoms with E-state index in [0.29, 0.717) is 18.6 Å². The summed E-state index contributed by atoms with van der Waals surface area (Å²) in [6.07, 6.45) is -5.63. The Hall–Kier alpha value is -1.31. The summed E-state index contributed by atoms with van der Waals surface area (Å²) in [6, 6.07) is 0. The van der Waals surface area contributed by atoms with E-state index >= 15 is 0 Å². The molecule has 10 atom stereocenters. The summed E-state index contributed by atoms with van der Waals surface area (Å²) in [6.45, 7) is 3.82. The Morgan fingerprint density at radius 2 is 1.91 bits per heavy atom. The Balaban J connectivity index is 1.78. The molecule has 32 heavy (non-hydrogen) atoms. The van der Waals surface area contributed by atoms with E-state index in [-0.39, 0.29) is 5.92 Å². The minimum Gasteiger partial charge on any atom is -0.471 e. The summed E-state index contributed by atoms with van der Waals surface area (Å²) >= 11 is 0. The van der Waals surface area contributed by atoms with Crippen molar-refractivity contribution in [3.63, 3.8) is 0 Å².